The molecule has 4 aromatic rings. The molecule has 9 heteroatoms. The van der Waals surface area contributed by atoms with E-state index in [1.54, 1.807) is 47.3 Å². The van der Waals surface area contributed by atoms with Crippen LogP contribution in [0.4, 0.5) is 10.1 Å². The molecule has 4 rings (SSSR count). The highest BCUT2D eigenvalue weighted by Crippen LogP contribution is 2.23. The maximum Gasteiger partial charge on any atom is 0.261 e. The van der Waals surface area contributed by atoms with Crippen molar-refractivity contribution in [1.82, 2.24) is 14.9 Å². The van der Waals surface area contributed by atoms with Crippen LogP contribution in [0.3, 0.4) is 0 Å². The molecule has 0 aliphatic heterocycles. The van der Waals surface area contributed by atoms with Crippen LogP contribution in [-0.2, 0) is 17.1 Å². The lowest BCUT2D eigenvalue weighted by atomic mass is 10.1. The summed E-state index contributed by atoms with van der Waals surface area (Å²) in [5.74, 6) is -0.175. The molecule has 0 bridgehead atoms. The molecule has 7 nitrogen and oxygen atoms in total. The first-order chi connectivity index (χ1) is 16.6. The third-order valence-electron chi connectivity index (χ3n) is 5.78. The van der Waals surface area contributed by atoms with Crippen LogP contribution in [-0.4, -0.2) is 23.9 Å². The average Bonchev–Trinajstić information content (AvgIpc) is 3.25. The molecule has 1 unspecified atom stereocenters. The van der Waals surface area contributed by atoms with Gasteiger partial charge in [0, 0.05) is 30.7 Å². The Morgan fingerprint density at radius 1 is 0.971 bits per heavy atom. The number of nitrogens with one attached hydrogen (secondary N) is 2. The molecular formula is C26H25FN4O3S. The predicted octanol–water partition coefficient (Wildman–Crippen LogP) is 4.50. The lowest BCUT2D eigenvalue weighted by Gasteiger charge is -2.19. The van der Waals surface area contributed by atoms with Crippen molar-refractivity contribution >= 4 is 21.6 Å². The molecule has 180 valence electrons. The van der Waals surface area contributed by atoms with Crippen molar-refractivity contribution in [2.45, 2.75) is 24.8 Å². The molecule has 2 N–H and O–H groups in total. The Hall–Kier alpha value is -3.98. The Morgan fingerprint density at radius 3 is 2.26 bits per heavy atom. The van der Waals surface area contributed by atoms with E-state index in [0.29, 0.717) is 22.6 Å². The maximum atomic E-state index is 13.4. The second-order valence-corrected chi connectivity index (χ2v) is 9.97. The summed E-state index contributed by atoms with van der Waals surface area (Å²) in [5.41, 5.74) is 3.22. The molecule has 0 aliphatic carbocycles. The van der Waals surface area contributed by atoms with E-state index in [-0.39, 0.29) is 16.6 Å². The van der Waals surface area contributed by atoms with E-state index in [1.807, 2.05) is 20.9 Å². The quantitative estimate of drug-likeness (QED) is 0.397. The Kier molecular flexibility index (Phi) is 6.70. The molecule has 1 heterocycles. The largest absolute Gasteiger partial charge is 0.338 e. The highest BCUT2D eigenvalue weighted by molar-refractivity contribution is 7.92. The van der Waals surface area contributed by atoms with Gasteiger partial charge in [0.2, 0.25) is 0 Å². The topological polar surface area (TPSA) is 93.1 Å². The minimum Gasteiger partial charge on any atom is -0.338 e. The number of rotatable bonds is 7. The van der Waals surface area contributed by atoms with Gasteiger partial charge < -0.3 is 9.88 Å². The Morgan fingerprint density at radius 2 is 1.66 bits per heavy atom. The number of carbonyl (C=O) groups excluding carboxylic acids is 1. The minimum absolute atomic E-state index is 0.166. The van der Waals surface area contributed by atoms with Crippen molar-refractivity contribution < 1.29 is 17.6 Å². The van der Waals surface area contributed by atoms with Gasteiger partial charge in [0.1, 0.15) is 17.7 Å². The molecular weight excluding hydrogens is 467 g/mol. The van der Waals surface area contributed by atoms with Gasteiger partial charge in [-0.05, 0) is 79.1 Å². The van der Waals surface area contributed by atoms with Gasteiger partial charge in [0.05, 0.1) is 4.90 Å². The molecule has 3 aromatic carbocycles. The van der Waals surface area contributed by atoms with Crippen molar-refractivity contribution in [3.05, 3.63) is 113 Å². The van der Waals surface area contributed by atoms with Gasteiger partial charge in [-0.25, -0.2) is 17.8 Å². The molecule has 0 spiro atoms. The van der Waals surface area contributed by atoms with E-state index in [1.165, 1.54) is 36.4 Å². The SMILES string of the molecule is Cc1ccc(S(=O)(=O)Nc2ccc(C(=O)NC(c3ccc(F)cc3)c3nccn3C)cc2)cc1C. The Labute approximate surface area is 203 Å². The third kappa shape index (κ3) is 5.41. The minimum atomic E-state index is -3.77. The number of anilines is 1. The number of hydrogen-bond acceptors (Lipinski definition) is 4. The molecule has 0 radical (unpaired) electrons. The molecule has 1 atom stereocenters. The van der Waals surface area contributed by atoms with E-state index < -0.39 is 16.1 Å². The molecule has 0 saturated carbocycles. The number of carbonyl (C=O) groups is 1. The summed E-state index contributed by atoms with van der Waals surface area (Å²) in [6.45, 7) is 3.77. The van der Waals surface area contributed by atoms with E-state index >= 15 is 0 Å². The predicted molar refractivity (Wildman–Crippen MR) is 132 cm³/mol. The van der Waals surface area contributed by atoms with Crippen LogP contribution in [0.5, 0.6) is 0 Å². The highest BCUT2D eigenvalue weighted by atomic mass is 32.2. The van der Waals surface area contributed by atoms with Crippen LogP contribution < -0.4 is 10.0 Å². The summed E-state index contributed by atoms with van der Waals surface area (Å²) in [6, 6.07) is 16.3. The van der Waals surface area contributed by atoms with Crippen molar-refractivity contribution in [2.24, 2.45) is 7.05 Å². The first kappa shape index (κ1) is 24.2. The fourth-order valence-electron chi connectivity index (χ4n) is 3.61. The van der Waals surface area contributed by atoms with Crippen LogP contribution in [0.15, 0.2) is 84.0 Å². The molecule has 1 aromatic heterocycles. The number of benzene rings is 3. The summed E-state index contributed by atoms with van der Waals surface area (Å²) in [5, 5.41) is 2.93. The van der Waals surface area contributed by atoms with Crippen molar-refractivity contribution in [2.75, 3.05) is 4.72 Å². The van der Waals surface area contributed by atoms with Crippen molar-refractivity contribution in [1.29, 1.82) is 0 Å². The standard InChI is InChI=1S/C26H25FN4O3S/c1-17-4-13-23(16-18(17)2)35(33,34)30-22-11-7-20(8-12-22)26(32)29-24(25-28-14-15-31(25)3)19-5-9-21(27)10-6-19/h4-16,24,30H,1-3H3,(H,29,32). The zero-order valence-corrected chi connectivity index (χ0v) is 20.3. The fraction of sp³-hybridized carbons (Fsp3) is 0.154. The van der Waals surface area contributed by atoms with Crippen molar-refractivity contribution in [3.8, 4) is 0 Å². The molecule has 35 heavy (non-hydrogen) atoms. The van der Waals surface area contributed by atoms with E-state index in [9.17, 15) is 17.6 Å². The second-order valence-electron chi connectivity index (χ2n) is 8.28. The number of imidazole rings is 1. The van der Waals surface area contributed by atoms with E-state index in [4.69, 9.17) is 0 Å². The van der Waals surface area contributed by atoms with Gasteiger partial charge in [-0.1, -0.05) is 18.2 Å². The average molecular weight is 493 g/mol. The molecule has 1 amide bonds. The smallest absolute Gasteiger partial charge is 0.261 e. The van der Waals surface area contributed by atoms with Gasteiger partial charge in [-0.2, -0.15) is 0 Å². The van der Waals surface area contributed by atoms with Gasteiger partial charge in [0.25, 0.3) is 15.9 Å². The zero-order chi connectivity index (χ0) is 25.2. The monoisotopic (exact) mass is 492 g/mol. The first-order valence-corrected chi connectivity index (χ1v) is 12.4. The number of aromatic nitrogens is 2. The van der Waals surface area contributed by atoms with Crippen LogP contribution in [0, 0.1) is 19.7 Å². The van der Waals surface area contributed by atoms with Gasteiger partial charge in [-0.15, -0.1) is 0 Å². The van der Waals surface area contributed by atoms with Crippen LogP contribution in [0.2, 0.25) is 0 Å². The summed E-state index contributed by atoms with van der Waals surface area (Å²) in [4.78, 5) is 17.5. The lowest BCUT2D eigenvalue weighted by Crippen LogP contribution is -2.31. The fourth-order valence-corrected chi connectivity index (χ4v) is 4.75. The van der Waals surface area contributed by atoms with E-state index in [2.05, 4.69) is 15.0 Å². The third-order valence-corrected chi connectivity index (χ3v) is 7.16. The van der Waals surface area contributed by atoms with Gasteiger partial charge in [0.15, 0.2) is 0 Å². The van der Waals surface area contributed by atoms with Gasteiger partial charge in [-0.3, -0.25) is 9.52 Å². The second kappa shape index (κ2) is 9.71. The summed E-state index contributed by atoms with van der Waals surface area (Å²) >= 11 is 0. The molecule has 0 saturated heterocycles. The van der Waals surface area contributed by atoms with Crippen LogP contribution in [0.25, 0.3) is 0 Å². The summed E-state index contributed by atoms with van der Waals surface area (Å²) in [6.07, 6.45) is 3.38. The summed E-state index contributed by atoms with van der Waals surface area (Å²) < 4.78 is 43.3. The highest BCUT2D eigenvalue weighted by Gasteiger charge is 2.22. The van der Waals surface area contributed by atoms with Crippen LogP contribution in [0.1, 0.15) is 38.9 Å². The summed E-state index contributed by atoms with van der Waals surface area (Å²) in [7, 11) is -1.96. The molecule has 0 aliphatic rings. The van der Waals surface area contributed by atoms with Gasteiger partial charge >= 0.3 is 0 Å². The van der Waals surface area contributed by atoms with Crippen LogP contribution >= 0.6 is 0 Å². The van der Waals surface area contributed by atoms with Crippen molar-refractivity contribution in [3.63, 3.8) is 0 Å². The molecule has 0 fully saturated rings. The van der Waals surface area contributed by atoms with E-state index in [0.717, 1.165) is 11.1 Å². The lowest BCUT2D eigenvalue weighted by molar-refractivity contribution is 0.0941. The maximum absolute atomic E-state index is 13.4. The first-order valence-electron chi connectivity index (χ1n) is 10.9. The number of aryl methyl sites for hydroxylation is 3. The number of halogens is 1. The zero-order valence-electron chi connectivity index (χ0n) is 19.5. The Bertz CT molecular complexity index is 1460. The number of sulfonamides is 1. The normalized spacial score (nSPS) is 12.2. The number of hydrogen-bond donors (Lipinski definition) is 2. The number of nitrogens with zero attached hydrogens (tertiary/aromatic N) is 2. The number of amides is 1. The Balaban J connectivity index is 1.53.